The molecule has 2 nitrogen and oxygen atoms in total. The maximum Gasteiger partial charge on any atom is 0.0476 e. The van der Waals surface area contributed by atoms with Gasteiger partial charge in [0, 0.05) is 18.1 Å². The maximum atomic E-state index is 9.26. The van der Waals surface area contributed by atoms with Gasteiger partial charge in [0.05, 0.1) is 0 Å². The van der Waals surface area contributed by atoms with E-state index in [1.165, 1.54) is 6.42 Å². The lowest BCUT2D eigenvalue weighted by atomic mass is 9.41. The lowest BCUT2D eigenvalue weighted by Crippen LogP contribution is -2.68. The summed E-state index contributed by atoms with van der Waals surface area (Å²) in [5.74, 6) is 1.73. The van der Waals surface area contributed by atoms with E-state index in [1.54, 1.807) is 0 Å². The molecule has 0 aromatic rings. The first-order valence-electron chi connectivity index (χ1n) is 5.30. The van der Waals surface area contributed by atoms with Crippen LogP contribution in [0.2, 0.25) is 0 Å². The Labute approximate surface area is 92.7 Å². The van der Waals surface area contributed by atoms with Crippen molar-refractivity contribution in [1.29, 1.82) is 0 Å². The van der Waals surface area contributed by atoms with Crippen LogP contribution < -0.4 is 5.73 Å². The summed E-state index contributed by atoms with van der Waals surface area (Å²) in [6, 6.07) is 0. The van der Waals surface area contributed by atoms with Crippen LogP contribution in [0.3, 0.4) is 0 Å². The molecule has 3 fully saturated rings. The molecule has 0 aliphatic heterocycles. The van der Waals surface area contributed by atoms with Crippen LogP contribution in [-0.4, -0.2) is 17.3 Å². The minimum atomic E-state index is -0.146. The first-order valence-corrected chi connectivity index (χ1v) is 5.30. The van der Waals surface area contributed by atoms with Crippen molar-refractivity contribution in [2.45, 2.75) is 39.2 Å². The zero-order valence-electron chi connectivity index (χ0n) is 9.29. The lowest BCUT2D eigenvalue weighted by molar-refractivity contribution is -0.149. The molecule has 0 saturated heterocycles. The monoisotopic (exact) mass is 219 g/mol. The molecule has 3 heteroatoms. The van der Waals surface area contributed by atoms with Gasteiger partial charge in [-0.05, 0) is 37.0 Å². The van der Waals surface area contributed by atoms with E-state index >= 15 is 0 Å². The molecule has 0 aromatic carbocycles. The quantitative estimate of drug-likeness (QED) is 0.707. The SMILES string of the molecule is CC1(C)C2CC(CO)[C@](C)(N)C1C2.Cl. The molecule has 0 amide bonds. The van der Waals surface area contributed by atoms with E-state index in [0.717, 1.165) is 12.3 Å². The molecule has 3 N–H and O–H groups in total. The first-order chi connectivity index (χ1) is 5.90. The van der Waals surface area contributed by atoms with Gasteiger partial charge in [0.15, 0.2) is 0 Å². The van der Waals surface area contributed by atoms with E-state index in [1.807, 2.05) is 0 Å². The van der Waals surface area contributed by atoms with Crippen molar-refractivity contribution < 1.29 is 5.11 Å². The number of nitrogens with two attached hydrogens (primary N) is 1. The number of fused-ring (bicyclic) bond motifs is 2. The summed E-state index contributed by atoms with van der Waals surface area (Å²) >= 11 is 0. The normalized spacial score (nSPS) is 49.1. The molecule has 84 valence electrons. The van der Waals surface area contributed by atoms with Crippen molar-refractivity contribution in [2.24, 2.45) is 28.9 Å². The van der Waals surface area contributed by atoms with Gasteiger partial charge in [-0.1, -0.05) is 13.8 Å². The van der Waals surface area contributed by atoms with E-state index in [2.05, 4.69) is 20.8 Å². The van der Waals surface area contributed by atoms with Crippen molar-refractivity contribution in [3.63, 3.8) is 0 Å². The van der Waals surface area contributed by atoms with E-state index in [-0.39, 0.29) is 24.6 Å². The number of aliphatic hydroxyl groups excluding tert-OH is 1. The fourth-order valence-corrected chi connectivity index (χ4v) is 3.62. The zero-order valence-corrected chi connectivity index (χ0v) is 10.1. The van der Waals surface area contributed by atoms with Crippen LogP contribution >= 0.6 is 12.4 Å². The Morgan fingerprint density at radius 3 is 2.21 bits per heavy atom. The zero-order chi connectivity index (χ0) is 9.85. The van der Waals surface area contributed by atoms with Crippen molar-refractivity contribution in [1.82, 2.24) is 0 Å². The first kappa shape index (κ1) is 12.3. The summed E-state index contributed by atoms with van der Waals surface area (Å²) in [5, 5.41) is 9.26. The molecule has 3 unspecified atom stereocenters. The third-order valence-electron chi connectivity index (χ3n) is 4.89. The molecular formula is C11H22ClNO. The van der Waals surface area contributed by atoms with Gasteiger partial charge in [-0.15, -0.1) is 12.4 Å². The van der Waals surface area contributed by atoms with Gasteiger partial charge in [0.25, 0.3) is 0 Å². The predicted octanol–water partition coefficient (Wildman–Crippen LogP) is 1.80. The summed E-state index contributed by atoms with van der Waals surface area (Å²) in [6.07, 6.45) is 2.39. The number of rotatable bonds is 1. The molecule has 3 rings (SSSR count). The third-order valence-corrected chi connectivity index (χ3v) is 4.89. The second-order valence-electron chi connectivity index (χ2n) is 5.79. The second kappa shape index (κ2) is 3.36. The van der Waals surface area contributed by atoms with Crippen molar-refractivity contribution >= 4 is 12.4 Å². The molecule has 3 saturated carbocycles. The molecular weight excluding hydrogens is 198 g/mol. The van der Waals surface area contributed by atoms with Crippen LogP contribution in [0.1, 0.15) is 33.6 Å². The number of aliphatic hydroxyl groups is 1. The predicted molar refractivity (Wildman–Crippen MR) is 60.4 cm³/mol. The number of hydrogen-bond donors (Lipinski definition) is 2. The highest BCUT2D eigenvalue weighted by Crippen LogP contribution is 2.63. The van der Waals surface area contributed by atoms with Crippen molar-refractivity contribution in [3.8, 4) is 0 Å². The van der Waals surface area contributed by atoms with Gasteiger partial charge < -0.3 is 10.8 Å². The summed E-state index contributed by atoms with van der Waals surface area (Å²) in [5.41, 5.74) is 6.60. The van der Waals surface area contributed by atoms with Crippen LogP contribution in [-0.2, 0) is 0 Å². The smallest absolute Gasteiger partial charge is 0.0476 e. The molecule has 3 aliphatic carbocycles. The number of halogens is 1. The molecule has 0 heterocycles. The van der Waals surface area contributed by atoms with Gasteiger partial charge in [-0.3, -0.25) is 0 Å². The molecule has 0 spiro atoms. The van der Waals surface area contributed by atoms with E-state index < -0.39 is 0 Å². The standard InChI is InChI=1S/C11H21NO.ClH/c1-10(2)7-4-8(6-13)11(3,12)9(10)5-7;/h7-9,13H,4-6,12H2,1-3H3;1H/t7?,8?,9?,11-;/m0./s1. The maximum absolute atomic E-state index is 9.26. The Kier molecular flexibility index (Phi) is 2.95. The molecule has 2 bridgehead atoms. The Morgan fingerprint density at radius 1 is 1.29 bits per heavy atom. The fourth-order valence-electron chi connectivity index (χ4n) is 3.62. The molecule has 0 aromatic heterocycles. The van der Waals surface area contributed by atoms with Crippen LogP contribution in [0.25, 0.3) is 0 Å². The average molecular weight is 220 g/mol. The fraction of sp³-hybridized carbons (Fsp3) is 1.00. The molecule has 4 atom stereocenters. The second-order valence-corrected chi connectivity index (χ2v) is 5.79. The van der Waals surface area contributed by atoms with E-state index in [4.69, 9.17) is 5.73 Å². The van der Waals surface area contributed by atoms with Crippen LogP contribution in [0, 0.1) is 23.2 Å². The Bertz CT molecular complexity index is 227. The molecule has 14 heavy (non-hydrogen) atoms. The summed E-state index contributed by atoms with van der Waals surface area (Å²) in [6.45, 7) is 7.03. The molecule has 3 aliphatic rings. The third kappa shape index (κ3) is 1.31. The van der Waals surface area contributed by atoms with Gasteiger partial charge in [0.2, 0.25) is 0 Å². The van der Waals surface area contributed by atoms with Gasteiger partial charge in [0.1, 0.15) is 0 Å². The van der Waals surface area contributed by atoms with Crippen LogP contribution in [0.4, 0.5) is 0 Å². The van der Waals surface area contributed by atoms with Gasteiger partial charge in [-0.2, -0.15) is 0 Å². The summed E-state index contributed by atoms with van der Waals surface area (Å²) < 4.78 is 0. The van der Waals surface area contributed by atoms with Crippen LogP contribution in [0.15, 0.2) is 0 Å². The Hall–Kier alpha value is 0.210. The van der Waals surface area contributed by atoms with Crippen LogP contribution in [0.5, 0.6) is 0 Å². The van der Waals surface area contributed by atoms with E-state index in [0.29, 0.717) is 17.3 Å². The van der Waals surface area contributed by atoms with Crippen molar-refractivity contribution in [3.05, 3.63) is 0 Å². The topological polar surface area (TPSA) is 46.2 Å². The van der Waals surface area contributed by atoms with E-state index in [9.17, 15) is 5.11 Å². The van der Waals surface area contributed by atoms with Gasteiger partial charge in [-0.25, -0.2) is 0 Å². The van der Waals surface area contributed by atoms with Gasteiger partial charge >= 0.3 is 0 Å². The minimum absolute atomic E-state index is 0. The van der Waals surface area contributed by atoms with Crippen molar-refractivity contribution in [2.75, 3.05) is 6.61 Å². The Balaban J connectivity index is 0.000000980. The Morgan fingerprint density at radius 2 is 1.86 bits per heavy atom. The summed E-state index contributed by atoms with van der Waals surface area (Å²) in [7, 11) is 0. The lowest BCUT2D eigenvalue weighted by Gasteiger charge is -2.66. The minimum Gasteiger partial charge on any atom is -0.396 e. The highest BCUT2D eigenvalue weighted by atomic mass is 35.5. The summed E-state index contributed by atoms with van der Waals surface area (Å²) in [4.78, 5) is 0. The molecule has 0 radical (unpaired) electrons. The average Bonchev–Trinajstić information content (AvgIpc) is 2.01. The largest absolute Gasteiger partial charge is 0.396 e. The number of hydrogen-bond acceptors (Lipinski definition) is 2. The highest BCUT2D eigenvalue weighted by Gasteiger charge is 2.61. The highest BCUT2D eigenvalue weighted by molar-refractivity contribution is 5.85.